The van der Waals surface area contributed by atoms with E-state index in [1.165, 1.54) is 0 Å². The van der Waals surface area contributed by atoms with E-state index < -0.39 is 0 Å². The van der Waals surface area contributed by atoms with Crippen molar-refractivity contribution >= 4 is 5.91 Å². The Labute approximate surface area is 90.5 Å². The molecule has 1 aliphatic heterocycles. The minimum Gasteiger partial charge on any atom is -0.380 e. The molecule has 0 aromatic carbocycles. The monoisotopic (exact) mass is 216 g/mol. The number of hydroxylamine groups is 1. The van der Waals surface area contributed by atoms with Gasteiger partial charge in [-0.15, -0.1) is 0 Å². The van der Waals surface area contributed by atoms with E-state index in [1.807, 2.05) is 13.8 Å². The molecule has 5 nitrogen and oxygen atoms in total. The summed E-state index contributed by atoms with van der Waals surface area (Å²) in [6.07, 6.45) is 0.832. The van der Waals surface area contributed by atoms with Gasteiger partial charge in [0.25, 0.3) is 5.91 Å². The molecule has 0 spiro atoms. The van der Waals surface area contributed by atoms with Crippen molar-refractivity contribution < 1.29 is 14.4 Å². The predicted molar refractivity (Wildman–Crippen MR) is 56.1 cm³/mol. The van der Waals surface area contributed by atoms with Crippen LogP contribution in [0.5, 0.6) is 0 Å². The van der Waals surface area contributed by atoms with Gasteiger partial charge in [0.1, 0.15) is 0 Å². The van der Waals surface area contributed by atoms with Crippen LogP contribution < -0.4 is 10.8 Å². The van der Waals surface area contributed by atoms with Crippen molar-refractivity contribution in [2.45, 2.75) is 32.4 Å². The van der Waals surface area contributed by atoms with Crippen LogP contribution in [0.3, 0.4) is 0 Å². The molecular formula is C10H20N2O3. The first-order valence-corrected chi connectivity index (χ1v) is 5.31. The highest BCUT2D eigenvalue weighted by molar-refractivity contribution is 5.81. The molecule has 0 aliphatic carbocycles. The fraction of sp³-hybridized carbons (Fsp3) is 0.900. The Bertz CT molecular complexity index is 209. The third-order valence-electron chi connectivity index (χ3n) is 2.33. The van der Waals surface area contributed by atoms with Crippen LogP contribution in [0.15, 0.2) is 0 Å². The second-order valence-corrected chi connectivity index (χ2v) is 4.23. The van der Waals surface area contributed by atoms with Crippen LogP contribution in [0.2, 0.25) is 0 Å². The summed E-state index contributed by atoms with van der Waals surface area (Å²) in [5.74, 6) is 0.295. The second-order valence-electron chi connectivity index (χ2n) is 4.23. The Kier molecular flexibility index (Phi) is 5.01. The summed E-state index contributed by atoms with van der Waals surface area (Å²) < 4.78 is 5.15. The molecule has 2 N–H and O–H groups in total. The van der Waals surface area contributed by atoms with E-state index in [2.05, 4.69) is 10.8 Å². The molecule has 15 heavy (non-hydrogen) atoms. The van der Waals surface area contributed by atoms with E-state index in [0.717, 1.165) is 6.54 Å². The SMILES string of the molecule is COC1CNC(C(=O)NOCC(C)C)C1. The number of amides is 1. The quantitative estimate of drug-likeness (QED) is 0.638. The number of ether oxygens (including phenoxy) is 1. The number of carbonyl (C=O) groups is 1. The smallest absolute Gasteiger partial charge is 0.260 e. The lowest BCUT2D eigenvalue weighted by Gasteiger charge is -2.12. The lowest BCUT2D eigenvalue weighted by molar-refractivity contribution is -0.136. The fourth-order valence-electron chi connectivity index (χ4n) is 1.43. The Morgan fingerprint density at radius 2 is 2.33 bits per heavy atom. The van der Waals surface area contributed by atoms with Crippen LogP contribution in [-0.2, 0) is 14.4 Å². The van der Waals surface area contributed by atoms with Crippen LogP contribution in [0.25, 0.3) is 0 Å². The molecule has 5 heteroatoms. The van der Waals surface area contributed by atoms with E-state index >= 15 is 0 Å². The Morgan fingerprint density at radius 1 is 1.60 bits per heavy atom. The number of rotatable bonds is 5. The topological polar surface area (TPSA) is 59.6 Å². The van der Waals surface area contributed by atoms with E-state index in [1.54, 1.807) is 7.11 Å². The first-order valence-electron chi connectivity index (χ1n) is 5.31. The molecule has 0 bridgehead atoms. The van der Waals surface area contributed by atoms with Gasteiger partial charge in [-0.25, -0.2) is 5.48 Å². The molecule has 0 aromatic rings. The van der Waals surface area contributed by atoms with Gasteiger partial charge in [0.05, 0.1) is 18.8 Å². The number of nitrogens with one attached hydrogen (secondary N) is 2. The maximum absolute atomic E-state index is 11.5. The van der Waals surface area contributed by atoms with Crippen LogP contribution in [0.1, 0.15) is 20.3 Å². The highest BCUT2D eigenvalue weighted by Crippen LogP contribution is 2.09. The summed E-state index contributed by atoms with van der Waals surface area (Å²) in [7, 11) is 1.65. The van der Waals surface area contributed by atoms with Crippen LogP contribution in [0.4, 0.5) is 0 Å². The average molecular weight is 216 g/mol. The summed E-state index contributed by atoms with van der Waals surface area (Å²) in [6, 6.07) is -0.192. The zero-order valence-corrected chi connectivity index (χ0v) is 9.58. The Hall–Kier alpha value is -0.650. The number of carbonyl (C=O) groups excluding carboxylic acids is 1. The van der Waals surface area contributed by atoms with Gasteiger partial charge in [0.2, 0.25) is 0 Å². The maximum Gasteiger partial charge on any atom is 0.260 e. The number of hydrogen-bond acceptors (Lipinski definition) is 4. The zero-order chi connectivity index (χ0) is 11.3. The predicted octanol–water partition coefficient (Wildman–Crippen LogP) is 0.0671. The number of methoxy groups -OCH3 is 1. The molecule has 2 unspecified atom stereocenters. The van der Waals surface area contributed by atoms with Crippen molar-refractivity contribution in [1.29, 1.82) is 0 Å². The third kappa shape index (κ3) is 4.15. The van der Waals surface area contributed by atoms with Gasteiger partial charge in [-0.3, -0.25) is 9.63 Å². The van der Waals surface area contributed by atoms with Crippen LogP contribution in [-0.4, -0.2) is 38.3 Å². The molecule has 0 aromatic heterocycles. The van der Waals surface area contributed by atoms with Gasteiger partial charge >= 0.3 is 0 Å². The fourth-order valence-corrected chi connectivity index (χ4v) is 1.43. The van der Waals surface area contributed by atoms with Gasteiger partial charge in [0.15, 0.2) is 0 Å². The van der Waals surface area contributed by atoms with Gasteiger partial charge in [-0.1, -0.05) is 13.8 Å². The Morgan fingerprint density at radius 3 is 2.87 bits per heavy atom. The first kappa shape index (κ1) is 12.4. The van der Waals surface area contributed by atoms with Crippen molar-refractivity contribution in [2.75, 3.05) is 20.3 Å². The standard InChI is InChI=1S/C10H20N2O3/c1-7(2)6-15-12-10(13)9-4-8(14-3)5-11-9/h7-9,11H,4-6H2,1-3H3,(H,12,13). The maximum atomic E-state index is 11.5. The average Bonchev–Trinajstić information content (AvgIpc) is 2.65. The van der Waals surface area contributed by atoms with Gasteiger partial charge in [-0.05, 0) is 12.3 Å². The highest BCUT2D eigenvalue weighted by Gasteiger charge is 2.29. The molecule has 88 valence electrons. The molecule has 1 amide bonds. The van der Waals surface area contributed by atoms with Crippen molar-refractivity contribution in [3.05, 3.63) is 0 Å². The van der Waals surface area contributed by atoms with E-state index in [4.69, 9.17) is 9.57 Å². The third-order valence-corrected chi connectivity index (χ3v) is 2.33. The number of hydrogen-bond donors (Lipinski definition) is 2. The van der Waals surface area contributed by atoms with Gasteiger partial charge in [0, 0.05) is 13.7 Å². The first-order chi connectivity index (χ1) is 7.13. The van der Waals surface area contributed by atoms with Crippen molar-refractivity contribution in [2.24, 2.45) is 5.92 Å². The van der Waals surface area contributed by atoms with Crippen molar-refractivity contribution in [1.82, 2.24) is 10.8 Å². The normalized spacial score (nSPS) is 25.9. The summed E-state index contributed by atoms with van der Waals surface area (Å²) in [6.45, 7) is 5.31. The molecule has 0 radical (unpaired) electrons. The van der Waals surface area contributed by atoms with E-state index in [-0.39, 0.29) is 18.1 Å². The summed E-state index contributed by atoms with van der Waals surface area (Å²) >= 11 is 0. The van der Waals surface area contributed by atoms with Crippen LogP contribution in [0, 0.1) is 5.92 Å². The van der Waals surface area contributed by atoms with E-state index in [0.29, 0.717) is 18.9 Å². The summed E-state index contributed by atoms with van der Waals surface area (Å²) in [5, 5.41) is 3.08. The van der Waals surface area contributed by atoms with Crippen molar-refractivity contribution in [3.8, 4) is 0 Å². The Balaban J connectivity index is 2.18. The molecular weight excluding hydrogens is 196 g/mol. The second kappa shape index (κ2) is 6.05. The minimum absolute atomic E-state index is 0.116. The van der Waals surface area contributed by atoms with Gasteiger partial charge < -0.3 is 10.1 Å². The largest absolute Gasteiger partial charge is 0.380 e. The molecule has 1 rings (SSSR count). The molecule has 2 atom stereocenters. The highest BCUT2D eigenvalue weighted by atomic mass is 16.7. The van der Waals surface area contributed by atoms with Gasteiger partial charge in [-0.2, -0.15) is 0 Å². The lowest BCUT2D eigenvalue weighted by atomic mass is 10.2. The van der Waals surface area contributed by atoms with Crippen LogP contribution >= 0.6 is 0 Å². The minimum atomic E-state index is -0.192. The molecule has 1 fully saturated rings. The summed E-state index contributed by atoms with van der Waals surface area (Å²) in [4.78, 5) is 16.6. The van der Waals surface area contributed by atoms with E-state index in [9.17, 15) is 4.79 Å². The molecule has 0 saturated carbocycles. The zero-order valence-electron chi connectivity index (χ0n) is 9.58. The molecule has 1 aliphatic rings. The molecule has 1 saturated heterocycles. The molecule has 1 heterocycles. The lowest BCUT2D eigenvalue weighted by Crippen LogP contribution is -2.40. The van der Waals surface area contributed by atoms with Crippen molar-refractivity contribution in [3.63, 3.8) is 0 Å². The summed E-state index contributed by atoms with van der Waals surface area (Å²) in [5.41, 5.74) is 2.44.